The fourth-order valence-corrected chi connectivity index (χ4v) is 3.69. The third-order valence-electron chi connectivity index (χ3n) is 3.03. The van der Waals surface area contributed by atoms with E-state index in [1.54, 1.807) is 19.1 Å². The highest BCUT2D eigenvalue weighted by molar-refractivity contribution is 7.94. The molecule has 2 aromatic rings. The zero-order chi connectivity index (χ0) is 17.0. The maximum Gasteiger partial charge on any atom is 0.291 e. The predicted molar refractivity (Wildman–Crippen MR) is 90.2 cm³/mol. The van der Waals surface area contributed by atoms with E-state index in [4.69, 9.17) is 0 Å². The second-order valence-corrected chi connectivity index (χ2v) is 7.99. The van der Waals surface area contributed by atoms with Gasteiger partial charge in [-0.3, -0.25) is 9.52 Å². The lowest BCUT2D eigenvalue weighted by molar-refractivity contribution is -0.115. The molecule has 0 spiro atoms. The Morgan fingerprint density at radius 1 is 1.22 bits per heavy atom. The molecule has 124 valence electrons. The van der Waals surface area contributed by atoms with Gasteiger partial charge < -0.3 is 5.32 Å². The summed E-state index contributed by atoms with van der Waals surface area (Å²) < 4.78 is 26.8. The first-order valence-corrected chi connectivity index (χ1v) is 9.38. The van der Waals surface area contributed by atoms with Gasteiger partial charge in [0.1, 0.15) is 0 Å². The van der Waals surface area contributed by atoms with Crippen LogP contribution in [0, 0.1) is 0 Å². The van der Waals surface area contributed by atoms with E-state index in [-0.39, 0.29) is 21.8 Å². The minimum absolute atomic E-state index is 0.160. The van der Waals surface area contributed by atoms with Crippen molar-refractivity contribution in [2.24, 2.45) is 0 Å². The monoisotopic (exact) mass is 354 g/mol. The number of amides is 1. The molecule has 0 saturated carbocycles. The second kappa shape index (κ2) is 7.05. The summed E-state index contributed by atoms with van der Waals surface area (Å²) in [6.07, 6.45) is 0.280. The molecule has 0 bridgehead atoms. The van der Waals surface area contributed by atoms with E-state index < -0.39 is 10.0 Å². The van der Waals surface area contributed by atoms with Crippen LogP contribution in [0.15, 0.2) is 28.6 Å². The van der Waals surface area contributed by atoms with E-state index in [0.717, 1.165) is 16.9 Å². The molecular weight excluding hydrogens is 336 g/mol. The lowest BCUT2D eigenvalue weighted by Gasteiger charge is -2.08. The number of sulfonamides is 1. The minimum Gasteiger partial charge on any atom is -0.301 e. The number of benzene rings is 1. The fraction of sp³-hybridized carbons (Fsp3) is 0.357. The number of rotatable bonds is 6. The summed E-state index contributed by atoms with van der Waals surface area (Å²) in [4.78, 5) is 11.3. The number of hydrogen-bond donors (Lipinski definition) is 2. The highest BCUT2D eigenvalue weighted by Gasteiger charge is 2.21. The van der Waals surface area contributed by atoms with Crippen LogP contribution in [0.2, 0.25) is 0 Å². The zero-order valence-electron chi connectivity index (χ0n) is 13.0. The van der Waals surface area contributed by atoms with Crippen LogP contribution >= 0.6 is 11.3 Å². The second-order valence-electron chi connectivity index (χ2n) is 5.16. The summed E-state index contributed by atoms with van der Waals surface area (Å²) >= 11 is 0.806. The molecule has 1 heterocycles. The number of nitrogens with one attached hydrogen (secondary N) is 2. The van der Waals surface area contributed by atoms with E-state index in [0.29, 0.717) is 11.6 Å². The van der Waals surface area contributed by atoms with Crippen molar-refractivity contribution >= 4 is 38.1 Å². The lowest BCUT2D eigenvalue weighted by Crippen LogP contribution is -2.12. The molecule has 0 aliphatic carbocycles. The summed E-state index contributed by atoms with van der Waals surface area (Å²) in [6.45, 7) is 5.81. The summed E-state index contributed by atoms with van der Waals surface area (Å²) in [5.74, 6) is 0.121. The largest absolute Gasteiger partial charge is 0.301 e. The molecule has 0 atom stereocenters. The first-order valence-electron chi connectivity index (χ1n) is 7.08. The van der Waals surface area contributed by atoms with Gasteiger partial charge in [-0.2, -0.15) is 8.42 Å². The summed E-state index contributed by atoms with van der Waals surface area (Å²) in [5, 5.41) is 9.93. The highest BCUT2D eigenvalue weighted by atomic mass is 32.2. The van der Waals surface area contributed by atoms with Gasteiger partial charge in [-0.25, -0.2) is 0 Å². The average molecular weight is 354 g/mol. The number of aromatic nitrogens is 2. The molecular formula is C14H18N4O3S2. The molecule has 9 heteroatoms. The van der Waals surface area contributed by atoms with Crippen LogP contribution in [-0.4, -0.2) is 24.5 Å². The van der Waals surface area contributed by atoms with Gasteiger partial charge in [0.25, 0.3) is 14.4 Å². The number of anilines is 2. The SMILES string of the molecule is CCC(=O)Nc1nnc(S(=O)(=O)Nc2ccc(C(C)C)cc2)s1. The first-order chi connectivity index (χ1) is 10.8. The Kier molecular flexibility index (Phi) is 5.32. The molecule has 7 nitrogen and oxygen atoms in total. The van der Waals surface area contributed by atoms with Crippen LogP contribution in [0.4, 0.5) is 10.8 Å². The molecule has 1 aromatic heterocycles. The van der Waals surface area contributed by atoms with Crippen molar-refractivity contribution in [3.8, 4) is 0 Å². The van der Waals surface area contributed by atoms with E-state index in [1.165, 1.54) is 0 Å². The highest BCUT2D eigenvalue weighted by Crippen LogP contribution is 2.23. The molecule has 2 rings (SSSR count). The van der Waals surface area contributed by atoms with Gasteiger partial charge >= 0.3 is 0 Å². The van der Waals surface area contributed by atoms with Crippen molar-refractivity contribution in [3.05, 3.63) is 29.8 Å². The quantitative estimate of drug-likeness (QED) is 0.777. The zero-order valence-corrected chi connectivity index (χ0v) is 14.7. The Hall–Kier alpha value is -2.00. The maximum absolute atomic E-state index is 12.3. The van der Waals surface area contributed by atoms with Crippen LogP contribution in [0.3, 0.4) is 0 Å². The van der Waals surface area contributed by atoms with Gasteiger partial charge in [-0.1, -0.05) is 44.2 Å². The topological polar surface area (TPSA) is 101 Å². The molecule has 2 N–H and O–H groups in total. The summed E-state index contributed by atoms with van der Waals surface area (Å²) in [6, 6.07) is 7.15. The standard InChI is InChI=1S/C14H18N4O3S2/c1-4-12(19)15-13-16-17-14(22-13)23(20,21)18-11-7-5-10(6-8-11)9(2)3/h5-9,18H,4H2,1-3H3,(H,15,16,19). The van der Waals surface area contributed by atoms with Crippen molar-refractivity contribution in [2.45, 2.75) is 37.4 Å². The van der Waals surface area contributed by atoms with E-state index in [2.05, 4.69) is 34.1 Å². The summed E-state index contributed by atoms with van der Waals surface area (Å²) in [5.41, 5.74) is 1.57. The smallest absolute Gasteiger partial charge is 0.291 e. The average Bonchev–Trinajstić information content (AvgIpc) is 2.96. The summed E-state index contributed by atoms with van der Waals surface area (Å²) in [7, 11) is -3.82. The Morgan fingerprint density at radius 3 is 2.43 bits per heavy atom. The molecule has 0 fully saturated rings. The van der Waals surface area contributed by atoms with Crippen molar-refractivity contribution in [1.82, 2.24) is 10.2 Å². The lowest BCUT2D eigenvalue weighted by atomic mass is 10.0. The Labute approximate surface area is 139 Å². The Balaban J connectivity index is 2.14. The third-order valence-corrected chi connectivity index (χ3v) is 5.62. The van der Waals surface area contributed by atoms with E-state index in [9.17, 15) is 13.2 Å². The van der Waals surface area contributed by atoms with Crippen LogP contribution in [-0.2, 0) is 14.8 Å². The Bertz CT molecular complexity index is 783. The number of nitrogens with zero attached hydrogens (tertiary/aromatic N) is 2. The normalized spacial score (nSPS) is 11.5. The van der Waals surface area contributed by atoms with E-state index >= 15 is 0 Å². The van der Waals surface area contributed by atoms with Crippen LogP contribution in [0.1, 0.15) is 38.7 Å². The molecule has 0 radical (unpaired) electrons. The van der Waals surface area contributed by atoms with Crippen molar-refractivity contribution in [3.63, 3.8) is 0 Å². The molecule has 1 aromatic carbocycles. The number of carbonyl (C=O) groups excluding carboxylic acids is 1. The predicted octanol–water partition coefficient (Wildman–Crippen LogP) is 2.81. The molecule has 23 heavy (non-hydrogen) atoms. The van der Waals surface area contributed by atoms with Crippen molar-refractivity contribution in [2.75, 3.05) is 10.0 Å². The Morgan fingerprint density at radius 2 is 1.87 bits per heavy atom. The number of hydrogen-bond acceptors (Lipinski definition) is 6. The maximum atomic E-state index is 12.3. The van der Waals surface area contributed by atoms with Crippen LogP contribution < -0.4 is 10.0 Å². The van der Waals surface area contributed by atoms with Gasteiger partial charge in [-0.05, 0) is 23.6 Å². The molecule has 0 unspecified atom stereocenters. The van der Waals surface area contributed by atoms with Crippen LogP contribution in [0.5, 0.6) is 0 Å². The number of carbonyl (C=O) groups is 1. The van der Waals surface area contributed by atoms with Crippen molar-refractivity contribution in [1.29, 1.82) is 0 Å². The van der Waals surface area contributed by atoms with Gasteiger partial charge in [0.15, 0.2) is 0 Å². The van der Waals surface area contributed by atoms with E-state index in [1.807, 2.05) is 12.1 Å². The minimum atomic E-state index is -3.82. The van der Waals surface area contributed by atoms with Crippen molar-refractivity contribution < 1.29 is 13.2 Å². The fourth-order valence-electron chi connectivity index (χ4n) is 1.71. The third kappa shape index (κ3) is 4.49. The first kappa shape index (κ1) is 17.4. The van der Waals surface area contributed by atoms with Gasteiger partial charge in [-0.15, -0.1) is 10.2 Å². The van der Waals surface area contributed by atoms with Gasteiger partial charge in [0, 0.05) is 12.1 Å². The molecule has 0 aliphatic heterocycles. The van der Waals surface area contributed by atoms with Crippen LogP contribution in [0.25, 0.3) is 0 Å². The van der Waals surface area contributed by atoms with Gasteiger partial charge in [0.2, 0.25) is 11.0 Å². The molecule has 0 aliphatic rings. The van der Waals surface area contributed by atoms with Gasteiger partial charge in [0.05, 0.1) is 0 Å². The molecule has 1 amide bonds. The molecule has 0 saturated heterocycles.